The topological polar surface area (TPSA) is 157 Å². The maximum absolute atomic E-state index is 14.8. The molecule has 0 fully saturated rings. The quantitative estimate of drug-likeness (QED) is 0.189. The minimum absolute atomic E-state index is 0.109. The maximum Gasteiger partial charge on any atom is 0.408 e. The van der Waals surface area contributed by atoms with Crippen LogP contribution in [0.4, 0.5) is 4.79 Å². The van der Waals surface area contributed by atoms with Gasteiger partial charge >= 0.3 is 12.1 Å². The number of hydrogen-bond acceptors (Lipinski definition) is 7. The molecule has 0 aliphatic carbocycles. The summed E-state index contributed by atoms with van der Waals surface area (Å²) < 4.78 is 11.1. The number of hydrogen-bond donors (Lipinski definition) is 3. The van der Waals surface area contributed by atoms with Crippen molar-refractivity contribution in [2.75, 3.05) is 0 Å². The number of terminal acetylenes is 1. The van der Waals surface area contributed by atoms with Crippen LogP contribution in [0.2, 0.25) is 0 Å². The van der Waals surface area contributed by atoms with Crippen LogP contribution in [0.25, 0.3) is 0 Å². The number of ether oxygens (including phenoxy) is 2. The Hall–Kier alpha value is -4.85. The fourth-order valence-electron chi connectivity index (χ4n) is 5.04. The third-order valence-corrected chi connectivity index (χ3v) is 7.63. The molecule has 3 atom stereocenters. The molecule has 2 rings (SSSR count). The second kappa shape index (κ2) is 17.0. The lowest BCUT2D eigenvalue weighted by molar-refractivity contribution is -0.159. The van der Waals surface area contributed by atoms with Crippen molar-refractivity contribution in [3.05, 3.63) is 71.3 Å². The first-order chi connectivity index (χ1) is 22.7. The van der Waals surface area contributed by atoms with Crippen LogP contribution in [0.3, 0.4) is 0 Å². The van der Waals surface area contributed by atoms with Crippen LogP contribution < -0.4 is 16.4 Å². The minimum atomic E-state index is -1.38. The smallest absolute Gasteiger partial charge is 0.408 e. The molecule has 0 bridgehead atoms. The Morgan fingerprint density at radius 2 is 1.41 bits per heavy atom. The lowest BCUT2D eigenvalue weighted by Gasteiger charge is -2.45. The van der Waals surface area contributed by atoms with E-state index in [4.69, 9.17) is 21.6 Å². The number of carbonyl (C=O) groups is 5. The molecule has 2 aromatic carbocycles. The molecule has 0 saturated heterocycles. The average Bonchev–Trinajstić information content (AvgIpc) is 2.99. The van der Waals surface area contributed by atoms with Gasteiger partial charge in [0, 0.05) is 23.9 Å². The van der Waals surface area contributed by atoms with Gasteiger partial charge in [0.2, 0.25) is 17.7 Å². The zero-order chi connectivity index (χ0) is 37.2. The summed E-state index contributed by atoms with van der Waals surface area (Å²) in [5, 5.41) is 5.46. The second-order valence-electron chi connectivity index (χ2n) is 14.5. The molecule has 4 N–H and O–H groups in total. The molecule has 0 heterocycles. The molecule has 11 nitrogen and oxygen atoms in total. The summed E-state index contributed by atoms with van der Waals surface area (Å²) in [5.41, 5.74) is 4.14. The summed E-state index contributed by atoms with van der Waals surface area (Å²) in [6, 6.07) is 12.0. The molecule has 2 aromatic rings. The van der Waals surface area contributed by atoms with Crippen molar-refractivity contribution in [2.45, 2.75) is 123 Å². The van der Waals surface area contributed by atoms with Gasteiger partial charge in [0.05, 0.1) is 0 Å². The van der Waals surface area contributed by atoms with Gasteiger partial charge < -0.3 is 30.7 Å². The minimum Gasteiger partial charge on any atom is -0.458 e. The third kappa shape index (κ3) is 12.6. The van der Waals surface area contributed by atoms with Crippen LogP contribution in [-0.2, 0) is 35.1 Å². The van der Waals surface area contributed by atoms with E-state index in [0.717, 1.165) is 5.56 Å². The van der Waals surface area contributed by atoms with E-state index >= 15 is 0 Å². The summed E-state index contributed by atoms with van der Waals surface area (Å²) >= 11 is 0. The number of esters is 1. The molecule has 0 aliphatic rings. The molecule has 0 aliphatic heterocycles. The molecule has 266 valence electrons. The monoisotopic (exact) mass is 676 g/mol. The summed E-state index contributed by atoms with van der Waals surface area (Å²) in [6.07, 6.45) is 5.10. The zero-order valence-corrected chi connectivity index (χ0v) is 30.2. The van der Waals surface area contributed by atoms with Crippen LogP contribution in [-0.4, -0.2) is 63.5 Å². The Morgan fingerprint density at radius 1 is 0.837 bits per heavy atom. The maximum atomic E-state index is 14.8. The first kappa shape index (κ1) is 40.3. The number of amides is 4. The van der Waals surface area contributed by atoms with Crippen molar-refractivity contribution in [1.82, 2.24) is 15.5 Å². The van der Waals surface area contributed by atoms with Crippen LogP contribution in [0.1, 0.15) is 104 Å². The first-order valence-corrected chi connectivity index (χ1v) is 16.4. The highest BCUT2D eigenvalue weighted by molar-refractivity contribution is 5.95. The van der Waals surface area contributed by atoms with E-state index in [9.17, 15) is 24.0 Å². The van der Waals surface area contributed by atoms with Crippen molar-refractivity contribution < 1.29 is 33.4 Å². The van der Waals surface area contributed by atoms with E-state index in [1.807, 2.05) is 37.3 Å². The van der Waals surface area contributed by atoms with Crippen molar-refractivity contribution in [2.24, 2.45) is 5.73 Å². The lowest BCUT2D eigenvalue weighted by Crippen LogP contribution is -2.60. The van der Waals surface area contributed by atoms with Gasteiger partial charge in [0.1, 0.15) is 29.3 Å². The highest BCUT2D eigenvalue weighted by atomic mass is 16.6. The van der Waals surface area contributed by atoms with Gasteiger partial charge in [-0.15, -0.1) is 6.42 Å². The lowest BCUT2D eigenvalue weighted by atomic mass is 9.89. The summed E-state index contributed by atoms with van der Waals surface area (Å²) in [7, 11) is 0. The van der Waals surface area contributed by atoms with Gasteiger partial charge in [-0.25, -0.2) is 9.59 Å². The number of primary amides is 1. The predicted molar refractivity (Wildman–Crippen MR) is 188 cm³/mol. The van der Waals surface area contributed by atoms with Crippen molar-refractivity contribution >= 4 is 29.8 Å². The fraction of sp³-hybridized carbons (Fsp3) is 0.500. The molecular formula is C38H52N4O7. The summed E-state index contributed by atoms with van der Waals surface area (Å²) in [4.78, 5) is 69.2. The van der Waals surface area contributed by atoms with Crippen LogP contribution in [0.5, 0.6) is 0 Å². The predicted octanol–water partition coefficient (Wildman–Crippen LogP) is 4.95. The number of nitrogens with zero attached hydrogens (tertiary/aromatic N) is 1. The van der Waals surface area contributed by atoms with Gasteiger partial charge in [0.25, 0.3) is 0 Å². The van der Waals surface area contributed by atoms with E-state index in [1.54, 1.807) is 79.7 Å². The van der Waals surface area contributed by atoms with Gasteiger partial charge in [-0.3, -0.25) is 14.4 Å². The Labute approximate surface area is 290 Å². The number of rotatable bonds is 14. The van der Waals surface area contributed by atoms with Crippen LogP contribution in [0.15, 0.2) is 54.6 Å². The van der Waals surface area contributed by atoms with Crippen LogP contribution >= 0.6 is 0 Å². The number of nitrogens with two attached hydrogens (primary N) is 1. The largest absolute Gasteiger partial charge is 0.458 e. The molecule has 3 unspecified atom stereocenters. The zero-order valence-electron chi connectivity index (χ0n) is 30.2. The van der Waals surface area contributed by atoms with E-state index in [2.05, 4.69) is 16.6 Å². The van der Waals surface area contributed by atoms with Crippen molar-refractivity contribution in [1.29, 1.82) is 0 Å². The number of nitrogens with one attached hydrogen (secondary N) is 2. The van der Waals surface area contributed by atoms with Crippen LogP contribution in [0, 0.1) is 12.3 Å². The molecule has 4 amide bonds. The average molecular weight is 677 g/mol. The van der Waals surface area contributed by atoms with Crippen molar-refractivity contribution in [3.8, 4) is 12.3 Å². The van der Waals surface area contributed by atoms with Crippen molar-refractivity contribution in [3.63, 3.8) is 0 Å². The summed E-state index contributed by atoms with van der Waals surface area (Å²) in [5.74, 6) is -0.111. The number of benzene rings is 2. The van der Waals surface area contributed by atoms with Gasteiger partial charge in [-0.05, 0) is 85.4 Å². The normalized spacial score (nSPS) is 13.6. The Morgan fingerprint density at radius 3 is 1.94 bits per heavy atom. The fourth-order valence-corrected chi connectivity index (χ4v) is 5.04. The second-order valence-corrected chi connectivity index (χ2v) is 14.5. The standard InChI is InChI=1S/C38H52N4O7/c1-11-26-20-16-17-21-27(26)31(32(44)40-29(34(46)48-36(3,4)5)24-25-18-14-13-15-19-25)42(38(9,10)12-2)33(45)28(22-23-30(39)43)41-35(47)49-37(6,7)8/h1,13-21,28-29,31H,12,22-24H2,2-10H3,(H2,39,43)(H,40,44)(H,41,47). The molecule has 11 heteroatoms. The molecule has 49 heavy (non-hydrogen) atoms. The molecule has 0 spiro atoms. The third-order valence-electron chi connectivity index (χ3n) is 7.63. The van der Waals surface area contributed by atoms with Gasteiger partial charge in [-0.1, -0.05) is 61.4 Å². The van der Waals surface area contributed by atoms with E-state index < -0.39 is 64.7 Å². The number of carbonyl (C=O) groups excluding carboxylic acids is 5. The molecule has 0 saturated carbocycles. The highest BCUT2D eigenvalue weighted by Gasteiger charge is 2.44. The van der Waals surface area contributed by atoms with Gasteiger partial charge in [0.15, 0.2) is 0 Å². The highest BCUT2D eigenvalue weighted by Crippen LogP contribution is 2.34. The van der Waals surface area contributed by atoms with Gasteiger partial charge in [-0.2, -0.15) is 0 Å². The first-order valence-electron chi connectivity index (χ1n) is 16.4. The Bertz CT molecular complexity index is 1520. The SMILES string of the molecule is C#Cc1ccccc1C(C(=O)NC(Cc1ccccc1)C(=O)OC(C)(C)C)N(C(=O)C(CCC(N)=O)NC(=O)OC(C)(C)C)C(C)(C)CC. The summed E-state index contributed by atoms with van der Waals surface area (Å²) in [6.45, 7) is 15.6. The molecular weight excluding hydrogens is 624 g/mol. The molecule has 0 radical (unpaired) electrons. The Kier molecular flexibility index (Phi) is 14.0. The van der Waals surface area contributed by atoms with E-state index in [-0.39, 0.29) is 19.3 Å². The Balaban J connectivity index is 2.77. The number of alkyl carbamates (subject to hydrolysis) is 1. The van der Waals surface area contributed by atoms with E-state index in [0.29, 0.717) is 17.5 Å². The van der Waals surface area contributed by atoms with E-state index in [1.165, 1.54) is 4.90 Å². The molecule has 0 aromatic heterocycles.